The molecule has 0 saturated heterocycles. The topological polar surface area (TPSA) is 119 Å². The SMILES string of the molecule is CC(=O)O[C@@H]1CC[C@@]2(C)C(CC[C@@]3(C)C2C(O)CC2/C(=C(\CCC=C(C)C)C(=O)OCOC(=O)C(C)(C)C)[C@H](O)C[C@@]23C)[C@@H]1C. The van der Waals surface area contributed by atoms with Crippen LogP contribution in [0.25, 0.3) is 0 Å². The van der Waals surface area contributed by atoms with E-state index in [-0.39, 0.29) is 46.1 Å². The van der Waals surface area contributed by atoms with Crippen molar-refractivity contribution < 1.29 is 38.8 Å². The molecule has 254 valence electrons. The molecule has 0 bridgehead atoms. The largest absolute Gasteiger partial charge is 0.462 e. The predicted octanol–water partition coefficient (Wildman–Crippen LogP) is 6.67. The highest BCUT2D eigenvalue weighted by Gasteiger charge is 2.70. The highest BCUT2D eigenvalue weighted by atomic mass is 16.7. The Morgan fingerprint density at radius 2 is 1.64 bits per heavy atom. The van der Waals surface area contributed by atoms with Crippen molar-refractivity contribution >= 4 is 17.9 Å². The molecule has 0 aromatic carbocycles. The van der Waals surface area contributed by atoms with Gasteiger partial charge >= 0.3 is 17.9 Å². The number of hydrogen-bond donors (Lipinski definition) is 2. The van der Waals surface area contributed by atoms with Gasteiger partial charge in [-0.15, -0.1) is 0 Å². The van der Waals surface area contributed by atoms with Crippen LogP contribution in [-0.4, -0.2) is 53.2 Å². The second kappa shape index (κ2) is 12.8. The lowest BCUT2D eigenvalue weighted by molar-refractivity contribution is -0.236. The molecule has 2 N–H and O–H groups in total. The zero-order valence-corrected chi connectivity index (χ0v) is 29.3. The Hall–Kier alpha value is -2.19. The Morgan fingerprint density at radius 1 is 0.978 bits per heavy atom. The van der Waals surface area contributed by atoms with E-state index in [2.05, 4.69) is 33.8 Å². The molecule has 4 saturated carbocycles. The number of esters is 3. The van der Waals surface area contributed by atoms with E-state index in [4.69, 9.17) is 14.2 Å². The van der Waals surface area contributed by atoms with Crippen molar-refractivity contribution in [2.45, 2.75) is 139 Å². The van der Waals surface area contributed by atoms with Crippen molar-refractivity contribution in [2.75, 3.05) is 6.79 Å². The average molecular weight is 631 g/mol. The molecule has 4 unspecified atom stereocenters. The maximum Gasteiger partial charge on any atom is 0.336 e. The normalized spacial score (nSPS) is 40.3. The summed E-state index contributed by atoms with van der Waals surface area (Å²) in [5.74, 6) is -0.946. The summed E-state index contributed by atoms with van der Waals surface area (Å²) in [6, 6.07) is 0. The number of hydrogen-bond acceptors (Lipinski definition) is 8. The monoisotopic (exact) mass is 630 g/mol. The van der Waals surface area contributed by atoms with Crippen LogP contribution in [0.2, 0.25) is 0 Å². The van der Waals surface area contributed by atoms with Crippen molar-refractivity contribution in [1.29, 1.82) is 0 Å². The van der Waals surface area contributed by atoms with Crippen molar-refractivity contribution in [1.82, 2.24) is 0 Å². The lowest BCUT2D eigenvalue weighted by Crippen LogP contribution is -2.65. The maximum absolute atomic E-state index is 13.7. The van der Waals surface area contributed by atoms with Gasteiger partial charge in [0.25, 0.3) is 0 Å². The molecule has 4 fully saturated rings. The lowest BCUT2D eigenvalue weighted by Gasteiger charge is -2.69. The van der Waals surface area contributed by atoms with E-state index in [9.17, 15) is 24.6 Å². The van der Waals surface area contributed by atoms with Crippen LogP contribution in [0.15, 0.2) is 22.8 Å². The fourth-order valence-corrected chi connectivity index (χ4v) is 10.3. The summed E-state index contributed by atoms with van der Waals surface area (Å²) in [6.45, 7) is 19.3. The molecule has 10 atom stereocenters. The summed E-state index contributed by atoms with van der Waals surface area (Å²) in [4.78, 5) is 37.8. The standard InChI is InChI=1S/C37H58O8/c1-21(2)12-11-13-24(32(41)43-20-44-33(42)34(5,6)7)30-26-18-27(39)31-35(8)16-15-29(45-23(4)38)22(3)25(35)14-17-36(31,9)37(26,10)19-28(30)40/h12,22,25-29,31,39-40H,11,13-20H2,1-10H3/b30-24-/t22-,25?,26?,27?,28+,29+,31?,35-,36-,37-/m0/s1. The fourth-order valence-electron chi connectivity index (χ4n) is 10.3. The summed E-state index contributed by atoms with van der Waals surface area (Å²) < 4.78 is 16.5. The molecule has 8 nitrogen and oxygen atoms in total. The zero-order valence-electron chi connectivity index (χ0n) is 29.3. The Morgan fingerprint density at radius 3 is 2.24 bits per heavy atom. The van der Waals surface area contributed by atoms with E-state index in [0.29, 0.717) is 42.7 Å². The number of ether oxygens (including phenoxy) is 3. The van der Waals surface area contributed by atoms with Crippen molar-refractivity contribution in [3.8, 4) is 0 Å². The smallest absolute Gasteiger partial charge is 0.336 e. The van der Waals surface area contributed by atoms with Crippen LogP contribution in [0.5, 0.6) is 0 Å². The van der Waals surface area contributed by atoms with E-state index in [0.717, 1.165) is 31.3 Å². The van der Waals surface area contributed by atoms with Crippen LogP contribution in [-0.2, 0) is 28.6 Å². The number of carbonyl (C=O) groups excluding carboxylic acids is 3. The van der Waals surface area contributed by atoms with Crippen LogP contribution >= 0.6 is 0 Å². The lowest BCUT2D eigenvalue weighted by atomic mass is 9.36. The average Bonchev–Trinajstić information content (AvgIpc) is 3.17. The molecule has 4 rings (SSSR count). The summed E-state index contributed by atoms with van der Waals surface area (Å²) in [7, 11) is 0. The van der Waals surface area contributed by atoms with Gasteiger partial charge in [0.05, 0.1) is 17.6 Å². The molecule has 0 heterocycles. The first-order chi connectivity index (χ1) is 20.8. The second-order valence-electron chi connectivity index (χ2n) is 16.6. The minimum atomic E-state index is -0.835. The fraction of sp³-hybridized carbons (Fsp3) is 0.811. The molecule has 0 aromatic rings. The number of rotatable bonds is 7. The van der Waals surface area contributed by atoms with Gasteiger partial charge in [0.2, 0.25) is 6.79 Å². The minimum Gasteiger partial charge on any atom is -0.462 e. The quantitative estimate of drug-likeness (QED) is 0.139. The third-order valence-electron chi connectivity index (χ3n) is 12.5. The van der Waals surface area contributed by atoms with Gasteiger partial charge in [-0.25, -0.2) is 4.79 Å². The predicted molar refractivity (Wildman–Crippen MR) is 171 cm³/mol. The van der Waals surface area contributed by atoms with Gasteiger partial charge in [0.1, 0.15) is 6.10 Å². The highest BCUT2D eigenvalue weighted by molar-refractivity contribution is 5.90. The Kier molecular flexibility index (Phi) is 10.1. The zero-order chi connectivity index (χ0) is 33.7. The molecule has 0 radical (unpaired) electrons. The van der Waals surface area contributed by atoms with Gasteiger partial charge in [-0.05, 0) is 131 Å². The molecule has 8 heteroatoms. The Bertz CT molecular complexity index is 1220. The number of allylic oxidation sites excluding steroid dienone is 2. The summed E-state index contributed by atoms with van der Waals surface area (Å²) >= 11 is 0. The van der Waals surface area contributed by atoms with Crippen molar-refractivity contribution in [2.24, 2.45) is 45.3 Å². The molecular weight excluding hydrogens is 572 g/mol. The molecule has 0 spiro atoms. The van der Waals surface area contributed by atoms with Crippen LogP contribution in [0.3, 0.4) is 0 Å². The molecule has 4 aliphatic carbocycles. The van der Waals surface area contributed by atoms with Gasteiger partial charge in [-0.3, -0.25) is 9.59 Å². The Labute approximate surface area is 270 Å². The highest BCUT2D eigenvalue weighted by Crippen LogP contribution is 2.74. The van der Waals surface area contributed by atoms with E-state index in [1.54, 1.807) is 20.8 Å². The van der Waals surface area contributed by atoms with Gasteiger partial charge in [-0.1, -0.05) is 39.3 Å². The summed E-state index contributed by atoms with van der Waals surface area (Å²) in [5, 5.41) is 23.9. The van der Waals surface area contributed by atoms with Crippen LogP contribution < -0.4 is 0 Å². The first-order valence-corrected chi connectivity index (χ1v) is 17.0. The Balaban J connectivity index is 1.68. The van der Waals surface area contributed by atoms with E-state index < -0.39 is 36.4 Å². The number of fused-ring (bicyclic) bond motifs is 5. The third kappa shape index (κ3) is 6.39. The maximum atomic E-state index is 13.7. The van der Waals surface area contributed by atoms with E-state index in [1.807, 2.05) is 13.8 Å². The van der Waals surface area contributed by atoms with Gasteiger partial charge < -0.3 is 24.4 Å². The van der Waals surface area contributed by atoms with Crippen molar-refractivity contribution in [3.05, 3.63) is 22.8 Å². The molecule has 0 amide bonds. The minimum absolute atomic E-state index is 0.00941. The number of aliphatic hydroxyl groups excluding tert-OH is 2. The first kappa shape index (κ1) is 35.7. The number of carbonyl (C=O) groups is 3. The van der Waals surface area contributed by atoms with Crippen LogP contribution in [0, 0.1) is 45.3 Å². The molecule has 4 aliphatic rings. The van der Waals surface area contributed by atoms with Gasteiger partial charge in [0, 0.05) is 12.5 Å². The first-order valence-electron chi connectivity index (χ1n) is 17.0. The third-order valence-corrected chi connectivity index (χ3v) is 12.5. The molecular formula is C37H58O8. The van der Waals surface area contributed by atoms with Crippen LogP contribution in [0.4, 0.5) is 0 Å². The van der Waals surface area contributed by atoms with Gasteiger partial charge in [0.15, 0.2) is 0 Å². The summed E-state index contributed by atoms with van der Waals surface area (Å²) in [6.07, 6.45) is 5.99. The number of aliphatic hydroxyl groups is 2. The van der Waals surface area contributed by atoms with Crippen LogP contribution in [0.1, 0.15) is 121 Å². The molecule has 0 aliphatic heterocycles. The van der Waals surface area contributed by atoms with E-state index in [1.165, 1.54) is 6.92 Å². The van der Waals surface area contributed by atoms with Gasteiger partial charge in [-0.2, -0.15) is 0 Å². The molecule has 0 aromatic heterocycles. The van der Waals surface area contributed by atoms with Crippen molar-refractivity contribution in [3.63, 3.8) is 0 Å². The van der Waals surface area contributed by atoms with E-state index >= 15 is 0 Å². The summed E-state index contributed by atoms with van der Waals surface area (Å²) in [5.41, 5.74) is 0.753. The second-order valence-corrected chi connectivity index (χ2v) is 16.6. The molecule has 45 heavy (non-hydrogen) atoms.